The van der Waals surface area contributed by atoms with Gasteiger partial charge in [-0.25, -0.2) is 0 Å². The van der Waals surface area contributed by atoms with Crippen LogP contribution in [-0.2, 0) is 20.1 Å². The van der Waals surface area contributed by atoms with E-state index in [0.717, 1.165) is 22.4 Å². The fourth-order valence-electron chi connectivity index (χ4n) is 3.17. The minimum Gasteiger partial charge on any atom is -0.336 e. The lowest BCUT2D eigenvalue weighted by Crippen LogP contribution is -2.42. The topological polar surface area (TPSA) is 38.8 Å². The van der Waals surface area contributed by atoms with Gasteiger partial charge in [0.2, 0.25) is 0 Å². The molecule has 0 N–H and O–H groups in total. The third-order valence-electron chi connectivity index (χ3n) is 3.96. The van der Waals surface area contributed by atoms with E-state index in [2.05, 4.69) is 19.9 Å². The Labute approximate surface area is 119 Å². The van der Waals surface area contributed by atoms with E-state index in [1.807, 2.05) is 24.8 Å². The SMILES string of the molecule is Cc1ccc(C)c2c1N(CC(C)C)C(=O)C21OCCO1. The molecule has 1 fully saturated rings. The number of hydrogen-bond acceptors (Lipinski definition) is 3. The molecule has 1 saturated heterocycles. The lowest BCUT2D eigenvalue weighted by atomic mass is 9.98. The summed E-state index contributed by atoms with van der Waals surface area (Å²) in [4.78, 5) is 14.7. The average molecular weight is 275 g/mol. The van der Waals surface area contributed by atoms with Crippen molar-refractivity contribution in [2.45, 2.75) is 33.5 Å². The maximum absolute atomic E-state index is 12.9. The molecule has 0 aromatic heterocycles. The number of carbonyl (C=O) groups is 1. The maximum Gasteiger partial charge on any atom is 0.292 e. The average Bonchev–Trinajstić information content (AvgIpc) is 2.95. The molecule has 0 saturated carbocycles. The molecule has 0 unspecified atom stereocenters. The predicted molar refractivity (Wildman–Crippen MR) is 76.7 cm³/mol. The molecule has 108 valence electrons. The number of rotatable bonds is 2. The van der Waals surface area contributed by atoms with Gasteiger partial charge in [0, 0.05) is 12.1 Å². The molecule has 2 aliphatic heterocycles. The van der Waals surface area contributed by atoms with Gasteiger partial charge in [0.15, 0.2) is 0 Å². The highest BCUT2D eigenvalue weighted by Crippen LogP contribution is 2.48. The fourth-order valence-corrected chi connectivity index (χ4v) is 3.17. The summed E-state index contributed by atoms with van der Waals surface area (Å²) < 4.78 is 11.5. The van der Waals surface area contributed by atoms with Gasteiger partial charge in [-0.2, -0.15) is 0 Å². The van der Waals surface area contributed by atoms with Crippen molar-refractivity contribution in [3.8, 4) is 0 Å². The molecule has 0 atom stereocenters. The number of nitrogens with zero attached hydrogens (tertiary/aromatic N) is 1. The maximum atomic E-state index is 12.9. The van der Waals surface area contributed by atoms with Gasteiger partial charge in [-0.15, -0.1) is 0 Å². The third kappa shape index (κ3) is 1.71. The van der Waals surface area contributed by atoms with Gasteiger partial charge in [-0.3, -0.25) is 4.79 Å². The number of amides is 1. The van der Waals surface area contributed by atoms with Gasteiger partial charge in [0.25, 0.3) is 11.7 Å². The minimum absolute atomic E-state index is 0.0731. The number of aryl methyl sites for hydroxylation is 2. The van der Waals surface area contributed by atoms with Gasteiger partial charge in [0.1, 0.15) is 0 Å². The molecule has 4 heteroatoms. The number of hydrogen-bond donors (Lipinski definition) is 0. The highest BCUT2D eigenvalue weighted by atomic mass is 16.7. The van der Waals surface area contributed by atoms with Crippen molar-refractivity contribution < 1.29 is 14.3 Å². The molecule has 3 rings (SSSR count). The Hall–Kier alpha value is -1.39. The summed E-state index contributed by atoms with van der Waals surface area (Å²) in [6, 6.07) is 4.09. The van der Waals surface area contributed by atoms with Gasteiger partial charge in [-0.05, 0) is 30.9 Å². The Kier molecular flexibility index (Phi) is 3.10. The standard InChI is InChI=1S/C16H21NO3/c1-10(2)9-17-14-12(4)6-5-11(3)13(14)16(15(17)18)19-7-8-20-16/h5-6,10H,7-9H2,1-4H3. The van der Waals surface area contributed by atoms with Crippen molar-refractivity contribution in [3.63, 3.8) is 0 Å². The molecule has 1 amide bonds. The largest absolute Gasteiger partial charge is 0.336 e. The zero-order chi connectivity index (χ0) is 14.5. The quantitative estimate of drug-likeness (QED) is 0.832. The Morgan fingerprint density at radius 2 is 1.80 bits per heavy atom. The molecule has 20 heavy (non-hydrogen) atoms. The summed E-state index contributed by atoms with van der Waals surface area (Å²) in [5.41, 5.74) is 4.02. The lowest BCUT2D eigenvalue weighted by Gasteiger charge is -2.23. The van der Waals surface area contributed by atoms with Crippen molar-refractivity contribution in [1.82, 2.24) is 0 Å². The Morgan fingerprint density at radius 1 is 1.20 bits per heavy atom. The van der Waals surface area contributed by atoms with Crippen molar-refractivity contribution in [1.29, 1.82) is 0 Å². The monoisotopic (exact) mass is 275 g/mol. The Morgan fingerprint density at radius 3 is 2.40 bits per heavy atom. The zero-order valence-corrected chi connectivity index (χ0v) is 12.5. The number of anilines is 1. The fraction of sp³-hybridized carbons (Fsp3) is 0.562. The third-order valence-corrected chi connectivity index (χ3v) is 3.96. The van der Waals surface area contributed by atoms with Crippen molar-refractivity contribution in [2.24, 2.45) is 5.92 Å². The van der Waals surface area contributed by atoms with Crippen LogP contribution in [0.3, 0.4) is 0 Å². The molecule has 1 spiro atoms. The van der Waals surface area contributed by atoms with Crippen LogP contribution in [0.15, 0.2) is 12.1 Å². The molecule has 2 aliphatic rings. The van der Waals surface area contributed by atoms with E-state index >= 15 is 0 Å². The summed E-state index contributed by atoms with van der Waals surface area (Å²) >= 11 is 0. The smallest absolute Gasteiger partial charge is 0.292 e. The predicted octanol–water partition coefficient (Wildman–Crippen LogP) is 2.51. The molecule has 0 radical (unpaired) electrons. The second kappa shape index (κ2) is 4.57. The van der Waals surface area contributed by atoms with Crippen LogP contribution in [0, 0.1) is 19.8 Å². The van der Waals surface area contributed by atoms with Crippen molar-refractivity contribution in [2.75, 3.05) is 24.7 Å². The summed E-state index contributed by atoms with van der Waals surface area (Å²) in [7, 11) is 0. The van der Waals surface area contributed by atoms with Crippen molar-refractivity contribution in [3.05, 3.63) is 28.8 Å². The van der Waals surface area contributed by atoms with E-state index < -0.39 is 5.79 Å². The number of carbonyl (C=O) groups excluding carboxylic acids is 1. The first-order valence-corrected chi connectivity index (χ1v) is 7.18. The van der Waals surface area contributed by atoms with Crippen molar-refractivity contribution >= 4 is 11.6 Å². The van der Waals surface area contributed by atoms with E-state index in [1.165, 1.54) is 0 Å². The number of fused-ring (bicyclic) bond motifs is 2. The normalized spacial score (nSPS) is 20.2. The highest BCUT2D eigenvalue weighted by molar-refractivity contribution is 6.07. The molecule has 4 nitrogen and oxygen atoms in total. The van der Waals surface area contributed by atoms with Crippen LogP contribution in [0.5, 0.6) is 0 Å². The zero-order valence-electron chi connectivity index (χ0n) is 12.5. The number of ether oxygens (including phenoxy) is 2. The Balaban J connectivity index is 2.21. The first-order chi connectivity index (χ1) is 9.47. The van der Waals surface area contributed by atoms with Gasteiger partial charge in [0.05, 0.1) is 18.9 Å². The van der Waals surface area contributed by atoms with E-state index in [-0.39, 0.29) is 5.91 Å². The van der Waals surface area contributed by atoms with Crippen LogP contribution in [0.2, 0.25) is 0 Å². The highest BCUT2D eigenvalue weighted by Gasteiger charge is 2.57. The first kappa shape index (κ1) is 13.6. The van der Waals surface area contributed by atoms with E-state index in [0.29, 0.717) is 25.7 Å². The van der Waals surface area contributed by atoms with Crippen LogP contribution >= 0.6 is 0 Å². The first-order valence-electron chi connectivity index (χ1n) is 7.18. The van der Waals surface area contributed by atoms with Crippen LogP contribution in [0.4, 0.5) is 5.69 Å². The summed E-state index contributed by atoms with van der Waals surface area (Å²) in [5.74, 6) is -0.875. The second-order valence-electron chi connectivity index (χ2n) is 6.05. The van der Waals surface area contributed by atoms with E-state index in [4.69, 9.17) is 9.47 Å². The van der Waals surface area contributed by atoms with Crippen LogP contribution < -0.4 is 4.90 Å². The van der Waals surface area contributed by atoms with E-state index in [9.17, 15) is 4.79 Å². The minimum atomic E-state index is -1.19. The lowest BCUT2D eigenvalue weighted by molar-refractivity contribution is -0.181. The van der Waals surface area contributed by atoms with E-state index in [1.54, 1.807) is 0 Å². The molecule has 1 aromatic rings. The van der Waals surface area contributed by atoms with Gasteiger partial charge in [-0.1, -0.05) is 26.0 Å². The number of benzene rings is 1. The molecule has 0 bridgehead atoms. The summed E-state index contributed by atoms with van der Waals surface area (Å²) in [6.07, 6.45) is 0. The van der Waals surface area contributed by atoms with Crippen LogP contribution in [0.25, 0.3) is 0 Å². The van der Waals surface area contributed by atoms with Crippen LogP contribution in [-0.4, -0.2) is 25.7 Å². The van der Waals surface area contributed by atoms with Gasteiger partial charge < -0.3 is 14.4 Å². The summed E-state index contributed by atoms with van der Waals surface area (Å²) in [5, 5.41) is 0. The second-order valence-corrected chi connectivity index (χ2v) is 6.05. The molecular formula is C16H21NO3. The molecular weight excluding hydrogens is 254 g/mol. The molecule has 2 heterocycles. The molecule has 0 aliphatic carbocycles. The molecule has 1 aromatic carbocycles. The van der Waals surface area contributed by atoms with Crippen LogP contribution in [0.1, 0.15) is 30.5 Å². The van der Waals surface area contributed by atoms with Gasteiger partial charge >= 0.3 is 0 Å². The summed E-state index contributed by atoms with van der Waals surface area (Å²) in [6.45, 7) is 9.88. The Bertz CT molecular complexity index is 559.